The largest absolute Gasteiger partial charge is 0.483 e. The molecule has 8 nitrogen and oxygen atoms in total. The number of hydrogen-bond donors (Lipinski definition) is 1. The van der Waals surface area contributed by atoms with Gasteiger partial charge in [0.1, 0.15) is 11.5 Å². The fourth-order valence-electron chi connectivity index (χ4n) is 4.26. The van der Waals surface area contributed by atoms with E-state index in [4.69, 9.17) is 23.5 Å². The van der Waals surface area contributed by atoms with Gasteiger partial charge in [-0.25, -0.2) is 0 Å². The molecular formula is C33H39F2O8S2+. The molecule has 0 spiro atoms. The van der Waals surface area contributed by atoms with Crippen molar-refractivity contribution < 1.29 is 45.5 Å². The first kappa shape index (κ1) is 34.8. The Morgan fingerprint density at radius 3 is 1.69 bits per heavy atom. The first-order valence-electron chi connectivity index (χ1n) is 14.3. The first-order valence-corrected chi connectivity index (χ1v) is 17.0. The van der Waals surface area contributed by atoms with Gasteiger partial charge in [-0.05, 0) is 107 Å². The molecular weight excluding hydrogens is 626 g/mol. The van der Waals surface area contributed by atoms with E-state index in [2.05, 4.69) is 13.8 Å². The van der Waals surface area contributed by atoms with Gasteiger partial charge in [-0.1, -0.05) is 13.8 Å². The molecule has 2 unspecified atom stereocenters. The Morgan fingerprint density at radius 2 is 1.27 bits per heavy atom. The average molecular weight is 666 g/mol. The van der Waals surface area contributed by atoms with Crippen LogP contribution in [0.2, 0.25) is 0 Å². The van der Waals surface area contributed by atoms with Gasteiger partial charge in [0.15, 0.2) is 26.6 Å². The maximum atomic E-state index is 14.1. The maximum absolute atomic E-state index is 14.1. The van der Waals surface area contributed by atoms with E-state index in [0.717, 1.165) is 27.2 Å². The summed E-state index contributed by atoms with van der Waals surface area (Å²) >= 11 is 0. The van der Waals surface area contributed by atoms with Gasteiger partial charge in [0.25, 0.3) is 0 Å². The minimum atomic E-state index is -5.66. The molecule has 45 heavy (non-hydrogen) atoms. The second-order valence-corrected chi connectivity index (χ2v) is 16.4. The van der Waals surface area contributed by atoms with Crippen LogP contribution in [-0.4, -0.2) is 43.5 Å². The van der Waals surface area contributed by atoms with Crippen molar-refractivity contribution in [2.75, 3.05) is 13.2 Å². The molecule has 1 saturated heterocycles. The van der Waals surface area contributed by atoms with Gasteiger partial charge in [-0.15, -0.1) is 0 Å². The van der Waals surface area contributed by atoms with Gasteiger partial charge >= 0.3 is 21.3 Å². The molecule has 1 fully saturated rings. The van der Waals surface area contributed by atoms with Crippen molar-refractivity contribution in [2.45, 2.75) is 80.3 Å². The van der Waals surface area contributed by atoms with Crippen LogP contribution >= 0.6 is 0 Å². The third-order valence-corrected chi connectivity index (χ3v) is 10.4. The number of ether oxygens (including phenoxy) is 4. The number of halogens is 2. The van der Waals surface area contributed by atoms with E-state index in [9.17, 15) is 22.0 Å². The summed E-state index contributed by atoms with van der Waals surface area (Å²) in [4.78, 5) is 15.0. The summed E-state index contributed by atoms with van der Waals surface area (Å²) in [6.45, 7) is 13.3. The first-order chi connectivity index (χ1) is 20.7. The molecule has 0 amide bonds. The monoisotopic (exact) mass is 665 g/mol. The van der Waals surface area contributed by atoms with Crippen LogP contribution in [0, 0.1) is 10.8 Å². The lowest BCUT2D eigenvalue weighted by Crippen LogP contribution is -2.43. The predicted octanol–water partition coefficient (Wildman–Crippen LogP) is 7.23. The van der Waals surface area contributed by atoms with E-state index in [-0.39, 0.29) is 17.1 Å². The number of esters is 1. The molecule has 3 aromatic carbocycles. The van der Waals surface area contributed by atoms with Crippen LogP contribution in [0.5, 0.6) is 11.5 Å². The van der Waals surface area contributed by atoms with Crippen molar-refractivity contribution in [1.82, 2.24) is 0 Å². The van der Waals surface area contributed by atoms with E-state index in [1.807, 2.05) is 43.3 Å². The van der Waals surface area contributed by atoms with Crippen LogP contribution in [0.3, 0.4) is 0 Å². The number of carbonyl (C=O) groups is 1. The maximum Gasteiger partial charge on any atom is 0.405 e. The lowest BCUT2D eigenvalue weighted by Gasteiger charge is -2.41. The molecule has 4 rings (SSSR count). The fraction of sp³-hybridized carbons (Fsp3) is 0.424. The molecule has 0 aromatic heterocycles. The van der Waals surface area contributed by atoms with Crippen molar-refractivity contribution in [3.8, 4) is 11.5 Å². The Bertz CT molecular complexity index is 1590. The summed E-state index contributed by atoms with van der Waals surface area (Å²) in [5.74, 6) is -0.860. The molecule has 1 aliphatic rings. The number of hydrogen-bond acceptors (Lipinski definition) is 7. The molecule has 0 radical (unpaired) electrons. The van der Waals surface area contributed by atoms with Crippen molar-refractivity contribution >= 4 is 27.0 Å². The number of alkyl halides is 2. The molecule has 2 atom stereocenters. The van der Waals surface area contributed by atoms with E-state index in [0.29, 0.717) is 19.0 Å². The standard InChI is InChI=1S/C33H38F2O8S2/c1-22(33(34,35)45(37,38)39)42-24-10-16-27(17-11-24)44(28-18-12-25(13-19-28)43-29(36)30(2,3)4)26-14-8-23(9-15-26)32(7)40-20-31(5,6)21-41-32/h8-19,22H,20-21H2,1-7H3/p+1. The topological polar surface area (TPSA) is 108 Å². The molecule has 12 heteroatoms. The van der Waals surface area contributed by atoms with Gasteiger partial charge in [-0.2, -0.15) is 17.2 Å². The number of carbonyl (C=O) groups excluding carboxylic acids is 1. The Hall–Kier alpha value is -3.03. The highest BCUT2D eigenvalue weighted by Gasteiger charge is 2.51. The lowest BCUT2D eigenvalue weighted by atomic mass is 9.94. The van der Waals surface area contributed by atoms with Gasteiger partial charge in [0.2, 0.25) is 0 Å². The Balaban J connectivity index is 1.66. The zero-order valence-electron chi connectivity index (χ0n) is 26.3. The Kier molecular flexibility index (Phi) is 9.78. The lowest BCUT2D eigenvalue weighted by molar-refractivity contribution is -0.298. The SMILES string of the molecule is CC(Oc1ccc([S+](c2ccc(OC(=O)C(C)(C)C)cc2)c2ccc(C3(C)OCC(C)(C)CO3)cc2)cc1)C(F)(F)S(=O)(=O)O. The van der Waals surface area contributed by atoms with Crippen LogP contribution in [0.4, 0.5) is 8.78 Å². The molecule has 3 aromatic rings. The van der Waals surface area contributed by atoms with Crippen LogP contribution in [0.15, 0.2) is 87.5 Å². The predicted molar refractivity (Wildman–Crippen MR) is 166 cm³/mol. The summed E-state index contributed by atoms with van der Waals surface area (Å²) in [6, 6.07) is 21.3. The Morgan fingerprint density at radius 1 is 0.844 bits per heavy atom. The van der Waals surface area contributed by atoms with E-state index >= 15 is 0 Å². The third kappa shape index (κ3) is 8.04. The zero-order valence-corrected chi connectivity index (χ0v) is 27.9. The highest BCUT2D eigenvalue weighted by Crippen LogP contribution is 2.39. The summed E-state index contributed by atoms with van der Waals surface area (Å²) in [7, 11) is -6.37. The summed E-state index contributed by atoms with van der Waals surface area (Å²) in [5.41, 5.74) is 0.0947. The van der Waals surface area contributed by atoms with Gasteiger partial charge in [0.05, 0.1) is 29.5 Å². The van der Waals surface area contributed by atoms with Crippen LogP contribution < -0.4 is 9.47 Å². The zero-order chi connectivity index (χ0) is 33.4. The molecule has 0 saturated carbocycles. The fourth-order valence-corrected chi connectivity index (χ4v) is 6.77. The van der Waals surface area contributed by atoms with Crippen LogP contribution in [0.1, 0.15) is 54.0 Å². The smallest absolute Gasteiger partial charge is 0.405 e. The van der Waals surface area contributed by atoms with E-state index in [1.54, 1.807) is 45.0 Å². The highest BCUT2D eigenvalue weighted by molar-refractivity contribution is 7.97. The number of benzene rings is 3. The minimum Gasteiger partial charge on any atom is -0.483 e. The quantitative estimate of drug-likeness (QED) is 0.110. The van der Waals surface area contributed by atoms with Gasteiger partial charge in [-0.3, -0.25) is 9.35 Å². The molecule has 1 aliphatic heterocycles. The highest BCUT2D eigenvalue weighted by atomic mass is 32.2. The van der Waals surface area contributed by atoms with Crippen molar-refractivity contribution in [1.29, 1.82) is 0 Å². The van der Waals surface area contributed by atoms with Crippen LogP contribution in [-0.2, 0) is 41.1 Å². The van der Waals surface area contributed by atoms with Crippen molar-refractivity contribution in [3.63, 3.8) is 0 Å². The van der Waals surface area contributed by atoms with E-state index < -0.39 is 43.6 Å². The second kappa shape index (κ2) is 12.6. The molecule has 1 heterocycles. The van der Waals surface area contributed by atoms with Crippen LogP contribution in [0.25, 0.3) is 0 Å². The summed E-state index contributed by atoms with van der Waals surface area (Å²) in [6.07, 6.45) is -2.14. The molecule has 0 aliphatic carbocycles. The van der Waals surface area contributed by atoms with Crippen molar-refractivity contribution in [3.05, 3.63) is 78.4 Å². The molecule has 1 N–H and O–H groups in total. The number of rotatable bonds is 9. The average Bonchev–Trinajstić information content (AvgIpc) is 2.96. The molecule has 244 valence electrons. The minimum absolute atomic E-state index is 0.000332. The third-order valence-electron chi connectivity index (χ3n) is 7.16. The van der Waals surface area contributed by atoms with Crippen molar-refractivity contribution in [2.24, 2.45) is 10.8 Å². The van der Waals surface area contributed by atoms with Gasteiger partial charge < -0.3 is 18.9 Å². The second-order valence-electron chi connectivity index (χ2n) is 12.9. The normalized spacial score (nSPS) is 18.1. The Labute approximate surface area is 266 Å². The summed E-state index contributed by atoms with van der Waals surface area (Å²) in [5, 5.41) is -4.49. The molecule has 0 bridgehead atoms. The van der Waals surface area contributed by atoms with Gasteiger partial charge in [0, 0.05) is 11.0 Å². The summed E-state index contributed by atoms with van der Waals surface area (Å²) < 4.78 is 82.2. The van der Waals surface area contributed by atoms with E-state index in [1.165, 1.54) is 12.1 Å².